The Morgan fingerprint density at radius 2 is 2.08 bits per heavy atom. The summed E-state index contributed by atoms with van der Waals surface area (Å²) in [5.74, 6) is 1.57. The van der Waals surface area contributed by atoms with Crippen molar-refractivity contribution in [2.75, 3.05) is 10.6 Å². The molecule has 0 fully saturated rings. The molecule has 0 aliphatic carbocycles. The van der Waals surface area contributed by atoms with Gasteiger partial charge in [0.1, 0.15) is 23.1 Å². The largest absolute Gasteiger partial charge is 0.467 e. The first-order valence-electron chi connectivity index (χ1n) is 7.29. The smallest absolute Gasteiger partial charge is 0.274 e. The van der Waals surface area contributed by atoms with Crippen LogP contribution in [0.15, 0.2) is 57.6 Å². The number of aromatic nitrogens is 2. The first-order chi connectivity index (χ1) is 11.6. The Hall–Kier alpha value is -2.67. The number of carbonyl (C=O) groups is 1. The van der Waals surface area contributed by atoms with Gasteiger partial charge >= 0.3 is 0 Å². The zero-order chi connectivity index (χ0) is 16.9. The average Bonchev–Trinajstić information content (AvgIpc) is 3.06. The van der Waals surface area contributed by atoms with E-state index in [2.05, 4.69) is 36.5 Å². The lowest BCUT2D eigenvalue weighted by molar-refractivity contribution is 0.102. The van der Waals surface area contributed by atoms with Crippen molar-refractivity contribution in [1.29, 1.82) is 0 Å². The molecule has 122 valence electrons. The Morgan fingerprint density at radius 3 is 2.83 bits per heavy atom. The fourth-order valence-electron chi connectivity index (χ4n) is 2.13. The highest BCUT2D eigenvalue weighted by molar-refractivity contribution is 9.10. The standard InChI is InChI=1S/C17H15BrN4O2/c1-11-20-15(17(23)22-13-5-2-4-12(18)8-13)9-16(21-11)19-10-14-6-3-7-24-14/h2-9H,10H2,1H3,(H,22,23)(H,19,20,21). The van der Waals surface area contributed by atoms with E-state index in [1.165, 1.54) is 0 Å². The lowest BCUT2D eigenvalue weighted by Crippen LogP contribution is -2.15. The van der Waals surface area contributed by atoms with E-state index in [4.69, 9.17) is 4.42 Å². The van der Waals surface area contributed by atoms with Crippen molar-refractivity contribution in [3.05, 3.63) is 70.5 Å². The van der Waals surface area contributed by atoms with Crippen LogP contribution in [0.4, 0.5) is 11.5 Å². The van der Waals surface area contributed by atoms with Crippen LogP contribution in [0.2, 0.25) is 0 Å². The van der Waals surface area contributed by atoms with E-state index in [9.17, 15) is 4.79 Å². The molecule has 0 aliphatic heterocycles. The van der Waals surface area contributed by atoms with E-state index in [1.807, 2.05) is 36.4 Å². The molecule has 0 bridgehead atoms. The molecule has 0 radical (unpaired) electrons. The molecule has 1 aromatic carbocycles. The van der Waals surface area contributed by atoms with Gasteiger partial charge in [0, 0.05) is 16.2 Å². The fourth-order valence-corrected chi connectivity index (χ4v) is 2.53. The fraction of sp³-hybridized carbons (Fsp3) is 0.118. The highest BCUT2D eigenvalue weighted by atomic mass is 79.9. The van der Waals surface area contributed by atoms with Crippen LogP contribution in [0.1, 0.15) is 22.1 Å². The van der Waals surface area contributed by atoms with E-state index >= 15 is 0 Å². The Kier molecular flexibility index (Phi) is 4.90. The molecule has 3 aromatic rings. The maximum atomic E-state index is 12.4. The van der Waals surface area contributed by atoms with Crippen LogP contribution >= 0.6 is 15.9 Å². The Bertz CT molecular complexity index is 850. The molecule has 0 spiro atoms. The second kappa shape index (κ2) is 7.27. The molecular weight excluding hydrogens is 372 g/mol. The van der Waals surface area contributed by atoms with Gasteiger partial charge in [0.05, 0.1) is 12.8 Å². The molecule has 3 rings (SSSR count). The van der Waals surface area contributed by atoms with Crippen LogP contribution in [0.25, 0.3) is 0 Å². The van der Waals surface area contributed by atoms with Gasteiger partial charge in [-0.3, -0.25) is 4.79 Å². The number of hydrogen-bond donors (Lipinski definition) is 2. The van der Waals surface area contributed by atoms with E-state index in [1.54, 1.807) is 19.3 Å². The Balaban J connectivity index is 1.73. The van der Waals surface area contributed by atoms with Gasteiger partial charge in [-0.15, -0.1) is 0 Å². The van der Waals surface area contributed by atoms with Crippen LogP contribution in [0.3, 0.4) is 0 Å². The molecule has 2 N–H and O–H groups in total. The van der Waals surface area contributed by atoms with Crippen LogP contribution < -0.4 is 10.6 Å². The van der Waals surface area contributed by atoms with Crippen molar-refractivity contribution in [1.82, 2.24) is 9.97 Å². The van der Waals surface area contributed by atoms with Crippen molar-refractivity contribution in [2.45, 2.75) is 13.5 Å². The van der Waals surface area contributed by atoms with Gasteiger partial charge in [-0.1, -0.05) is 22.0 Å². The van der Waals surface area contributed by atoms with Crippen molar-refractivity contribution in [3.8, 4) is 0 Å². The summed E-state index contributed by atoms with van der Waals surface area (Å²) in [4.78, 5) is 20.9. The zero-order valence-electron chi connectivity index (χ0n) is 12.9. The molecule has 2 aromatic heterocycles. The van der Waals surface area contributed by atoms with Crippen LogP contribution in [0, 0.1) is 6.92 Å². The van der Waals surface area contributed by atoms with Crippen molar-refractivity contribution in [2.24, 2.45) is 0 Å². The SMILES string of the molecule is Cc1nc(NCc2ccco2)cc(C(=O)Nc2cccc(Br)c2)n1. The van der Waals surface area contributed by atoms with E-state index < -0.39 is 0 Å². The maximum absolute atomic E-state index is 12.4. The van der Waals surface area contributed by atoms with Crippen LogP contribution in [-0.2, 0) is 6.54 Å². The predicted molar refractivity (Wildman–Crippen MR) is 94.9 cm³/mol. The van der Waals surface area contributed by atoms with Crippen molar-refractivity contribution < 1.29 is 9.21 Å². The number of halogens is 1. The summed E-state index contributed by atoms with van der Waals surface area (Å²) >= 11 is 3.38. The third-order valence-corrected chi connectivity index (χ3v) is 3.67. The van der Waals surface area contributed by atoms with Crippen molar-refractivity contribution in [3.63, 3.8) is 0 Å². The molecule has 0 atom stereocenters. The summed E-state index contributed by atoms with van der Waals surface area (Å²) < 4.78 is 6.15. The normalized spacial score (nSPS) is 10.4. The van der Waals surface area contributed by atoms with Gasteiger partial charge < -0.3 is 15.1 Å². The van der Waals surface area contributed by atoms with Crippen LogP contribution in [-0.4, -0.2) is 15.9 Å². The molecule has 0 saturated heterocycles. The lowest BCUT2D eigenvalue weighted by atomic mass is 10.3. The number of nitrogens with one attached hydrogen (secondary N) is 2. The quantitative estimate of drug-likeness (QED) is 0.692. The van der Waals surface area contributed by atoms with E-state index in [0.29, 0.717) is 29.6 Å². The first kappa shape index (κ1) is 16.2. The van der Waals surface area contributed by atoms with Gasteiger partial charge in [-0.2, -0.15) is 0 Å². The number of anilines is 2. The molecule has 0 aliphatic rings. The summed E-state index contributed by atoms with van der Waals surface area (Å²) in [6.45, 7) is 2.23. The minimum Gasteiger partial charge on any atom is -0.467 e. The highest BCUT2D eigenvalue weighted by Crippen LogP contribution is 2.17. The first-order valence-corrected chi connectivity index (χ1v) is 8.08. The number of amides is 1. The number of benzene rings is 1. The molecule has 0 unspecified atom stereocenters. The number of rotatable bonds is 5. The average molecular weight is 387 g/mol. The predicted octanol–water partition coefficient (Wildman–Crippen LogP) is 4.00. The highest BCUT2D eigenvalue weighted by Gasteiger charge is 2.11. The summed E-state index contributed by atoms with van der Waals surface area (Å²) in [6.07, 6.45) is 1.61. The summed E-state index contributed by atoms with van der Waals surface area (Å²) in [5.41, 5.74) is 0.986. The minimum atomic E-state index is -0.292. The van der Waals surface area contributed by atoms with Crippen LogP contribution in [0.5, 0.6) is 0 Å². The summed E-state index contributed by atoms with van der Waals surface area (Å²) in [6, 6.07) is 12.7. The second-order valence-corrected chi connectivity index (χ2v) is 6.00. The number of aryl methyl sites for hydroxylation is 1. The summed E-state index contributed by atoms with van der Waals surface area (Å²) in [7, 11) is 0. The van der Waals surface area contributed by atoms with Gasteiger partial charge in [0.15, 0.2) is 0 Å². The van der Waals surface area contributed by atoms with Gasteiger partial charge in [-0.05, 0) is 37.3 Å². The molecule has 1 amide bonds. The van der Waals surface area contributed by atoms with Crippen molar-refractivity contribution >= 4 is 33.3 Å². The zero-order valence-corrected chi connectivity index (χ0v) is 14.5. The monoisotopic (exact) mass is 386 g/mol. The number of nitrogens with zero attached hydrogens (tertiary/aromatic N) is 2. The second-order valence-electron chi connectivity index (χ2n) is 5.08. The third kappa shape index (κ3) is 4.20. The van der Waals surface area contributed by atoms with Gasteiger partial charge in [-0.25, -0.2) is 9.97 Å². The molecule has 7 heteroatoms. The van der Waals surface area contributed by atoms with Gasteiger partial charge in [0.25, 0.3) is 5.91 Å². The third-order valence-electron chi connectivity index (χ3n) is 3.18. The number of carbonyl (C=O) groups excluding carboxylic acids is 1. The Labute approximate surface area is 147 Å². The van der Waals surface area contributed by atoms with E-state index in [-0.39, 0.29) is 5.91 Å². The number of furan rings is 1. The lowest BCUT2D eigenvalue weighted by Gasteiger charge is -2.09. The minimum absolute atomic E-state index is 0.292. The molecule has 6 nitrogen and oxygen atoms in total. The molecule has 2 heterocycles. The van der Waals surface area contributed by atoms with E-state index in [0.717, 1.165) is 10.2 Å². The molecular formula is C17H15BrN4O2. The van der Waals surface area contributed by atoms with Gasteiger partial charge in [0.2, 0.25) is 0 Å². The molecule has 0 saturated carbocycles. The molecule has 24 heavy (non-hydrogen) atoms. The maximum Gasteiger partial charge on any atom is 0.274 e. The summed E-state index contributed by atoms with van der Waals surface area (Å²) in [5, 5.41) is 5.94. The topological polar surface area (TPSA) is 80.0 Å². The Morgan fingerprint density at radius 1 is 1.21 bits per heavy atom. The number of hydrogen-bond acceptors (Lipinski definition) is 5.